The van der Waals surface area contributed by atoms with Crippen LogP contribution in [0, 0.1) is 17.2 Å². The Morgan fingerprint density at radius 2 is 1.93 bits per heavy atom. The molecule has 1 fully saturated rings. The second-order valence-electron chi connectivity index (χ2n) is 10.7. The molecule has 1 saturated heterocycles. The molecule has 0 radical (unpaired) electrons. The molecular weight excluding hydrogens is 534 g/mol. The van der Waals surface area contributed by atoms with Crippen molar-refractivity contribution in [1.82, 2.24) is 4.90 Å². The summed E-state index contributed by atoms with van der Waals surface area (Å²) in [5.74, 6) is 1.59. The van der Waals surface area contributed by atoms with Crippen molar-refractivity contribution in [1.29, 1.82) is 5.26 Å². The van der Waals surface area contributed by atoms with E-state index >= 15 is 0 Å². The Morgan fingerprint density at radius 1 is 1.18 bits per heavy atom. The number of rotatable bonds is 7. The molecular formula is C32H31ClF2N2O3. The molecule has 0 aromatic heterocycles. The minimum atomic E-state index is -2.74. The summed E-state index contributed by atoms with van der Waals surface area (Å²) >= 11 is 6.07. The second-order valence-corrected chi connectivity index (χ2v) is 11.1. The van der Waals surface area contributed by atoms with Crippen molar-refractivity contribution in [3.63, 3.8) is 0 Å². The Bertz CT molecular complexity index is 1480. The highest BCUT2D eigenvalue weighted by atomic mass is 35.5. The van der Waals surface area contributed by atoms with Gasteiger partial charge >= 0.3 is 0 Å². The highest BCUT2D eigenvalue weighted by molar-refractivity contribution is 6.32. The maximum atomic E-state index is 13.7. The van der Waals surface area contributed by atoms with Gasteiger partial charge < -0.3 is 14.6 Å². The first-order valence-electron chi connectivity index (χ1n) is 13.4. The van der Waals surface area contributed by atoms with Crippen molar-refractivity contribution in [3.8, 4) is 23.3 Å². The van der Waals surface area contributed by atoms with E-state index in [0.29, 0.717) is 40.8 Å². The molecule has 208 valence electrons. The molecule has 5 nitrogen and oxygen atoms in total. The predicted octanol–water partition coefficient (Wildman–Crippen LogP) is 8.03. The summed E-state index contributed by atoms with van der Waals surface area (Å²) in [5, 5.41) is 20.3. The van der Waals surface area contributed by atoms with E-state index in [1.54, 1.807) is 12.1 Å². The highest BCUT2D eigenvalue weighted by Crippen LogP contribution is 2.49. The van der Waals surface area contributed by atoms with Gasteiger partial charge in [0.25, 0.3) is 6.43 Å². The van der Waals surface area contributed by atoms with Gasteiger partial charge in [0.2, 0.25) is 0 Å². The van der Waals surface area contributed by atoms with Crippen molar-refractivity contribution >= 4 is 22.7 Å². The van der Waals surface area contributed by atoms with Crippen LogP contribution >= 0.6 is 11.6 Å². The zero-order chi connectivity index (χ0) is 28.6. The summed E-state index contributed by atoms with van der Waals surface area (Å²) < 4.78 is 39.8. The van der Waals surface area contributed by atoms with Crippen LogP contribution in [0.3, 0.4) is 0 Å². The third-order valence-corrected chi connectivity index (χ3v) is 8.12. The van der Waals surface area contributed by atoms with Crippen LogP contribution in [0.2, 0.25) is 5.02 Å². The molecule has 40 heavy (non-hydrogen) atoms. The maximum Gasteiger partial charge on any atom is 0.263 e. The lowest BCUT2D eigenvalue weighted by Crippen LogP contribution is -2.35. The summed E-state index contributed by atoms with van der Waals surface area (Å²) in [4.78, 5) is 2.44. The molecule has 2 heterocycles. The quantitative estimate of drug-likeness (QED) is 0.315. The molecule has 3 unspecified atom stereocenters. The maximum absolute atomic E-state index is 13.7. The van der Waals surface area contributed by atoms with Crippen LogP contribution in [0.1, 0.15) is 67.5 Å². The van der Waals surface area contributed by atoms with Crippen molar-refractivity contribution in [2.75, 3.05) is 19.7 Å². The van der Waals surface area contributed by atoms with E-state index < -0.39 is 12.5 Å². The number of benzene rings is 3. The van der Waals surface area contributed by atoms with Gasteiger partial charge in [0, 0.05) is 29.3 Å². The zero-order valence-corrected chi connectivity index (χ0v) is 23.4. The number of alkyl halides is 2. The number of halogens is 3. The van der Waals surface area contributed by atoms with Crippen molar-refractivity contribution in [2.45, 2.75) is 45.8 Å². The molecule has 0 amide bonds. The normalized spacial score (nSPS) is 19.8. The van der Waals surface area contributed by atoms with Crippen LogP contribution < -0.4 is 9.47 Å². The fourth-order valence-electron chi connectivity index (χ4n) is 5.50. The Balaban J connectivity index is 1.50. The third-order valence-electron chi connectivity index (χ3n) is 7.80. The summed E-state index contributed by atoms with van der Waals surface area (Å²) in [6, 6.07) is 17.3. The van der Waals surface area contributed by atoms with Crippen LogP contribution in [-0.2, 0) is 0 Å². The summed E-state index contributed by atoms with van der Waals surface area (Å²) in [5.41, 5.74) is 2.96. The summed E-state index contributed by atoms with van der Waals surface area (Å²) in [6.45, 7) is 9.00. The molecule has 0 spiro atoms. The molecule has 2 aliphatic heterocycles. The molecule has 3 aromatic rings. The van der Waals surface area contributed by atoms with E-state index in [1.165, 1.54) is 24.6 Å². The van der Waals surface area contributed by atoms with Crippen LogP contribution in [0.4, 0.5) is 8.78 Å². The largest absolute Gasteiger partial charge is 0.506 e. The van der Waals surface area contributed by atoms with E-state index in [4.69, 9.17) is 21.1 Å². The number of nitrogens with zero attached hydrogens (tertiary/aromatic N) is 2. The first kappa shape index (κ1) is 27.9. The van der Waals surface area contributed by atoms with Crippen LogP contribution in [-0.4, -0.2) is 35.7 Å². The number of aromatic hydroxyl groups is 1. The first-order chi connectivity index (χ1) is 19.2. The second kappa shape index (κ2) is 11.5. The van der Waals surface area contributed by atoms with Gasteiger partial charge in [-0.25, -0.2) is 8.78 Å². The summed E-state index contributed by atoms with van der Waals surface area (Å²) in [6.07, 6.45) is -2.20. The number of phenols is 1. The molecule has 5 rings (SSSR count). The first-order valence-corrected chi connectivity index (χ1v) is 13.7. The number of ether oxygens (including phenoxy) is 2. The molecule has 1 N–H and O–H groups in total. The number of allylic oxidation sites excluding steroid dienone is 1. The van der Waals surface area contributed by atoms with Gasteiger partial charge in [0.1, 0.15) is 36.0 Å². The molecule has 8 heteroatoms. The fraction of sp³-hybridized carbons (Fsp3) is 0.344. The number of fused-ring (bicyclic) bond motifs is 1. The Morgan fingerprint density at radius 3 is 2.55 bits per heavy atom. The monoisotopic (exact) mass is 564 g/mol. The topological polar surface area (TPSA) is 65.7 Å². The van der Waals surface area contributed by atoms with E-state index in [2.05, 4.69) is 18.7 Å². The lowest BCUT2D eigenvalue weighted by atomic mass is 9.85. The lowest BCUT2D eigenvalue weighted by Gasteiger charge is -2.32. The van der Waals surface area contributed by atoms with Crippen LogP contribution in [0.5, 0.6) is 17.2 Å². The van der Waals surface area contributed by atoms with Gasteiger partial charge in [-0.2, -0.15) is 5.26 Å². The molecule has 3 aromatic carbocycles. The molecule has 0 saturated carbocycles. The van der Waals surface area contributed by atoms with E-state index in [-0.39, 0.29) is 27.6 Å². The van der Waals surface area contributed by atoms with E-state index in [1.807, 2.05) is 37.3 Å². The number of phenolic OH excluding ortho intramolecular Hbond substituents is 1. The standard InChI is InChI=1S/C32H31ClF2N2O3/c1-18-10-11-37(16-18)19(2)17-39-25-7-4-21(5-8-25)31-29(22-6-9-27(33)28(38)14-22)20(3)26-13-23(32(34)35)12-24(15-36)30(26)40-31/h4-9,12-14,18-19,31-32,38H,10-11,16-17H2,1-3H3. The zero-order valence-electron chi connectivity index (χ0n) is 22.6. The number of likely N-dealkylation sites (tertiary alicyclic amines) is 1. The van der Waals surface area contributed by atoms with E-state index in [0.717, 1.165) is 24.4 Å². The number of hydrogen-bond acceptors (Lipinski definition) is 5. The average Bonchev–Trinajstić information content (AvgIpc) is 3.39. The van der Waals surface area contributed by atoms with Crippen molar-refractivity contribution in [2.24, 2.45) is 5.92 Å². The van der Waals surface area contributed by atoms with Gasteiger partial charge in [0.05, 0.1) is 10.6 Å². The predicted molar refractivity (Wildman–Crippen MR) is 152 cm³/mol. The van der Waals surface area contributed by atoms with Gasteiger partial charge in [0.15, 0.2) is 0 Å². The van der Waals surface area contributed by atoms with E-state index in [9.17, 15) is 19.1 Å². The third kappa shape index (κ3) is 5.52. The Labute approximate surface area is 238 Å². The minimum absolute atomic E-state index is 0.0420. The highest BCUT2D eigenvalue weighted by Gasteiger charge is 2.32. The Kier molecular flexibility index (Phi) is 8.02. The fourth-order valence-corrected chi connectivity index (χ4v) is 5.62. The number of nitriles is 1. The van der Waals surface area contributed by atoms with Gasteiger partial charge in [-0.15, -0.1) is 0 Å². The minimum Gasteiger partial charge on any atom is -0.506 e. The van der Waals surface area contributed by atoms with Crippen LogP contribution in [0.25, 0.3) is 11.1 Å². The number of hydrogen-bond donors (Lipinski definition) is 1. The van der Waals surface area contributed by atoms with Gasteiger partial charge in [-0.05, 0) is 85.8 Å². The van der Waals surface area contributed by atoms with Crippen molar-refractivity contribution < 1.29 is 23.4 Å². The smallest absolute Gasteiger partial charge is 0.263 e. The molecule has 3 atom stereocenters. The lowest BCUT2D eigenvalue weighted by molar-refractivity contribution is 0.151. The molecule has 0 aliphatic carbocycles. The Hall–Kier alpha value is -3.60. The molecule has 2 aliphatic rings. The average molecular weight is 565 g/mol. The van der Waals surface area contributed by atoms with Crippen molar-refractivity contribution in [3.05, 3.63) is 87.4 Å². The SMILES string of the molecule is CC1=C(c2ccc(Cl)c(O)c2)C(c2ccc(OCC(C)N3CCC(C)C3)cc2)Oc2c(C#N)cc(C(F)F)cc21. The van der Waals surface area contributed by atoms with Gasteiger partial charge in [-0.1, -0.05) is 36.7 Å². The van der Waals surface area contributed by atoms with Crippen LogP contribution in [0.15, 0.2) is 54.6 Å². The van der Waals surface area contributed by atoms with Gasteiger partial charge in [-0.3, -0.25) is 4.90 Å². The summed E-state index contributed by atoms with van der Waals surface area (Å²) in [7, 11) is 0. The molecule has 0 bridgehead atoms.